The lowest BCUT2D eigenvalue weighted by molar-refractivity contribution is 0.584. The minimum Gasteiger partial charge on any atom is -0.332 e. The molecular weight excluding hydrogens is 285 g/mol. The van der Waals surface area contributed by atoms with Gasteiger partial charge in [0.05, 0.1) is 0 Å². The van der Waals surface area contributed by atoms with Crippen molar-refractivity contribution >= 4 is 28.7 Å². The molecule has 104 valence electrons. The standard InChI is InChI=1S/C14H11F3N2S/c1-8-2-3-9(15)7-13(8)19-14(20)18-12-5-10(16)4-11(17)6-12/h2-7H,1H3,(H2,18,19,20). The zero-order chi connectivity index (χ0) is 14.7. The maximum atomic E-state index is 13.1. The summed E-state index contributed by atoms with van der Waals surface area (Å²) in [7, 11) is 0. The number of thiocarbonyl (C=S) groups is 1. The van der Waals surface area contributed by atoms with Crippen LogP contribution in [-0.4, -0.2) is 5.11 Å². The highest BCUT2D eigenvalue weighted by Crippen LogP contribution is 2.17. The molecule has 0 radical (unpaired) electrons. The number of halogens is 3. The van der Waals surface area contributed by atoms with Gasteiger partial charge in [-0.1, -0.05) is 6.07 Å². The minimum atomic E-state index is -0.711. The lowest BCUT2D eigenvalue weighted by Crippen LogP contribution is -2.20. The number of aryl methyl sites for hydroxylation is 1. The van der Waals surface area contributed by atoms with Gasteiger partial charge >= 0.3 is 0 Å². The lowest BCUT2D eigenvalue weighted by atomic mass is 10.2. The van der Waals surface area contributed by atoms with Gasteiger partial charge < -0.3 is 10.6 Å². The lowest BCUT2D eigenvalue weighted by Gasteiger charge is -2.12. The Morgan fingerprint density at radius 1 is 0.900 bits per heavy atom. The van der Waals surface area contributed by atoms with Gasteiger partial charge in [-0.2, -0.15) is 0 Å². The van der Waals surface area contributed by atoms with Gasteiger partial charge in [0.15, 0.2) is 5.11 Å². The van der Waals surface area contributed by atoms with Crippen molar-refractivity contribution in [2.75, 3.05) is 10.6 Å². The van der Waals surface area contributed by atoms with Gasteiger partial charge in [0, 0.05) is 17.4 Å². The topological polar surface area (TPSA) is 24.1 Å². The molecule has 0 aromatic heterocycles. The Balaban J connectivity index is 2.11. The molecule has 2 aromatic carbocycles. The largest absolute Gasteiger partial charge is 0.332 e. The number of hydrogen-bond donors (Lipinski definition) is 2. The van der Waals surface area contributed by atoms with E-state index in [4.69, 9.17) is 12.2 Å². The molecule has 20 heavy (non-hydrogen) atoms. The minimum absolute atomic E-state index is 0.115. The van der Waals surface area contributed by atoms with Gasteiger partial charge in [0.1, 0.15) is 17.5 Å². The Kier molecular flexibility index (Phi) is 4.24. The van der Waals surface area contributed by atoms with Crippen LogP contribution in [0.25, 0.3) is 0 Å². The van der Waals surface area contributed by atoms with Crippen LogP contribution in [0.3, 0.4) is 0 Å². The highest BCUT2D eigenvalue weighted by Gasteiger charge is 2.05. The Bertz CT molecular complexity index is 639. The molecule has 0 aliphatic heterocycles. The average molecular weight is 296 g/mol. The molecule has 2 N–H and O–H groups in total. The van der Waals surface area contributed by atoms with Crippen molar-refractivity contribution < 1.29 is 13.2 Å². The maximum Gasteiger partial charge on any atom is 0.175 e. The number of hydrogen-bond acceptors (Lipinski definition) is 1. The Morgan fingerprint density at radius 3 is 2.20 bits per heavy atom. The third-order valence-electron chi connectivity index (χ3n) is 2.57. The van der Waals surface area contributed by atoms with Crippen LogP contribution < -0.4 is 10.6 Å². The summed E-state index contributed by atoms with van der Waals surface area (Å²) >= 11 is 5.02. The first kappa shape index (κ1) is 14.3. The summed E-state index contributed by atoms with van der Waals surface area (Å²) in [6.07, 6.45) is 0. The van der Waals surface area contributed by atoms with Crippen molar-refractivity contribution in [2.45, 2.75) is 6.92 Å². The summed E-state index contributed by atoms with van der Waals surface area (Å²) in [6, 6.07) is 7.19. The summed E-state index contributed by atoms with van der Waals surface area (Å²) in [5.41, 5.74) is 1.45. The molecule has 0 bridgehead atoms. The monoisotopic (exact) mass is 296 g/mol. The molecular formula is C14H11F3N2S. The van der Waals surface area contributed by atoms with Crippen molar-refractivity contribution in [2.24, 2.45) is 0 Å². The van der Waals surface area contributed by atoms with E-state index in [-0.39, 0.29) is 10.8 Å². The first-order valence-corrected chi connectivity index (χ1v) is 6.15. The third kappa shape index (κ3) is 3.71. The molecule has 0 amide bonds. The molecule has 0 aliphatic rings. The second kappa shape index (κ2) is 5.92. The number of nitrogens with one attached hydrogen (secondary N) is 2. The zero-order valence-corrected chi connectivity index (χ0v) is 11.3. The van der Waals surface area contributed by atoms with E-state index in [9.17, 15) is 13.2 Å². The van der Waals surface area contributed by atoms with E-state index >= 15 is 0 Å². The molecule has 6 heteroatoms. The average Bonchev–Trinajstić information content (AvgIpc) is 2.32. The second-order valence-corrected chi connectivity index (χ2v) is 4.60. The van der Waals surface area contributed by atoms with Crippen molar-refractivity contribution in [1.29, 1.82) is 0 Å². The van der Waals surface area contributed by atoms with E-state index in [0.29, 0.717) is 5.69 Å². The second-order valence-electron chi connectivity index (χ2n) is 4.20. The quantitative estimate of drug-likeness (QED) is 0.811. The first-order chi connectivity index (χ1) is 9.44. The fourth-order valence-corrected chi connectivity index (χ4v) is 1.87. The fourth-order valence-electron chi connectivity index (χ4n) is 1.64. The molecule has 0 heterocycles. The fraction of sp³-hybridized carbons (Fsp3) is 0.0714. The summed E-state index contributed by atoms with van der Waals surface area (Å²) in [4.78, 5) is 0. The molecule has 0 unspecified atom stereocenters. The van der Waals surface area contributed by atoms with Crippen molar-refractivity contribution in [3.63, 3.8) is 0 Å². The Labute approximate surface area is 119 Å². The van der Waals surface area contributed by atoms with Gasteiger partial charge in [-0.3, -0.25) is 0 Å². The van der Waals surface area contributed by atoms with Crippen molar-refractivity contribution in [3.05, 3.63) is 59.4 Å². The summed E-state index contributed by atoms with van der Waals surface area (Å²) in [5, 5.41) is 5.53. The molecule has 2 aromatic rings. The van der Waals surface area contributed by atoms with E-state index in [0.717, 1.165) is 23.8 Å². The van der Waals surface area contributed by atoms with Gasteiger partial charge in [-0.15, -0.1) is 0 Å². The Hall–Kier alpha value is -2.08. The van der Waals surface area contributed by atoms with E-state index in [1.165, 1.54) is 12.1 Å². The van der Waals surface area contributed by atoms with Crippen molar-refractivity contribution in [3.8, 4) is 0 Å². The molecule has 0 atom stereocenters. The summed E-state index contributed by atoms with van der Waals surface area (Å²) < 4.78 is 39.2. The number of anilines is 2. The predicted molar refractivity (Wildman–Crippen MR) is 77.3 cm³/mol. The van der Waals surface area contributed by atoms with Crippen LogP contribution >= 0.6 is 12.2 Å². The van der Waals surface area contributed by atoms with Gasteiger partial charge in [-0.05, 0) is 49.0 Å². The third-order valence-corrected chi connectivity index (χ3v) is 2.77. The molecule has 2 rings (SSSR count). The van der Waals surface area contributed by atoms with Crippen molar-refractivity contribution in [1.82, 2.24) is 0 Å². The summed E-state index contributed by atoms with van der Waals surface area (Å²) in [6.45, 7) is 1.78. The normalized spacial score (nSPS) is 10.2. The van der Waals surface area contributed by atoms with Crippen LogP contribution in [0.5, 0.6) is 0 Å². The van der Waals surface area contributed by atoms with Crippen LogP contribution in [0.4, 0.5) is 24.5 Å². The van der Waals surface area contributed by atoms with Crippen LogP contribution in [0.2, 0.25) is 0 Å². The Morgan fingerprint density at radius 2 is 1.55 bits per heavy atom. The zero-order valence-electron chi connectivity index (χ0n) is 10.5. The van der Waals surface area contributed by atoms with Crippen LogP contribution in [0.15, 0.2) is 36.4 Å². The van der Waals surface area contributed by atoms with Gasteiger partial charge in [-0.25, -0.2) is 13.2 Å². The number of benzene rings is 2. The van der Waals surface area contributed by atoms with Crippen LogP contribution in [-0.2, 0) is 0 Å². The van der Waals surface area contributed by atoms with Crippen LogP contribution in [0.1, 0.15) is 5.56 Å². The van der Waals surface area contributed by atoms with Gasteiger partial charge in [0.25, 0.3) is 0 Å². The van der Waals surface area contributed by atoms with Gasteiger partial charge in [0.2, 0.25) is 0 Å². The maximum absolute atomic E-state index is 13.1. The smallest absolute Gasteiger partial charge is 0.175 e. The van der Waals surface area contributed by atoms with E-state index in [2.05, 4.69) is 10.6 Å². The van der Waals surface area contributed by atoms with Crippen LogP contribution in [0, 0.1) is 24.4 Å². The highest BCUT2D eigenvalue weighted by molar-refractivity contribution is 7.80. The number of rotatable bonds is 2. The highest BCUT2D eigenvalue weighted by atomic mass is 32.1. The SMILES string of the molecule is Cc1ccc(F)cc1NC(=S)Nc1cc(F)cc(F)c1. The summed E-state index contributed by atoms with van der Waals surface area (Å²) in [5.74, 6) is -1.83. The molecule has 0 aliphatic carbocycles. The molecule has 0 saturated heterocycles. The van der Waals surface area contributed by atoms with E-state index in [1.54, 1.807) is 13.0 Å². The molecule has 0 fully saturated rings. The molecule has 2 nitrogen and oxygen atoms in total. The van der Waals surface area contributed by atoms with E-state index < -0.39 is 17.5 Å². The molecule has 0 spiro atoms. The molecule has 0 saturated carbocycles. The predicted octanol–water partition coefficient (Wildman–Crippen LogP) is 4.22. The first-order valence-electron chi connectivity index (χ1n) is 5.74. The van der Waals surface area contributed by atoms with E-state index in [1.807, 2.05) is 0 Å².